The van der Waals surface area contributed by atoms with Gasteiger partial charge in [0.25, 0.3) is 0 Å². The second-order valence-corrected chi connectivity index (χ2v) is 7.58. The minimum Gasteiger partial charge on any atom is -0.324 e. The number of rotatable bonds is 5. The van der Waals surface area contributed by atoms with E-state index < -0.39 is 11.7 Å². The third-order valence-corrected chi connectivity index (χ3v) is 5.56. The zero-order valence-corrected chi connectivity index (χ0v) is 15.9. The minimum atomic E-state index is -4.37. The van der Waals surface area contributed by atoms with Gasteiger partial charge in [-0.1, -0.05) is 18.5 Å². The maximum absolute atomic E-state index is 13.0. The van der Waals surface area contributed by atoms with E-state index in [0.29, 0.717) is 16.3 Å². The van der Waals surface area contributed by atoms with Gasteiger partial charge in [0, 0.05) is 16.0 Å². The summed E-state index contributed by atoms with van der Waals surface area (Å²) in [4.78, 5) is 5.54. The molecule has 26 heavy (non-hydrogen) atoms. The van der Waals surface area contributed by atoms with Crippen LogP contribution in [0.3, 0.4) is 0 Å². The summed E-state index contributed by atoms with van der Waals surface area (Å²) < 4.78 is 41.0. The molecule has 1 atom stereocenters. The molecule has 0 fully saturated rings. The second-order valence-electron chi connectivity index (χ2n) is 6.10. The number of imidazole rings is 1. The molecule has 2 aromatic carbocycles. The summed E-state index contributed by atoms with van der Waals surface area (Å²) in [6, 6.07) is 11.4. The fourth-order valence-corrected chi connectivity index (χ4v) is 3.73. The van der Waals surface area contributed by atoms with Gasteiger partial charge in [-0.2, -0.15) is 13.2 Å². The van der Waals surface area contributed by atoms with Crippen LogP contribution in [0.4, 0.5) is 13.2 Å². The molecule has 0 saturated carbocycles. The molecule has 1 heterocycles. The highest BCUT2D eigenvalue weighted by Gasteiger charge is 2.31. The average molecular weight is 399 g/mol. The van der Waals surface area contributed by atoms with Crippen LogP contribution in [0.15, 0.2) is 47.4 Å². The number of benzene rings is 2. The summed E-state index contributed by atoms with van der Waals surface area (Å²) in [7, 11) is 0. The highest BCUT2D eigenvalue weighted by molar-refractivity contribution is 7.98. The third-order valence-electron chi connectivity index (χ3n) is 4.30. The van der Waals surface area contributed by atoms with E-state index in [1.165, 1.54) is 6.07 Å². The van der Waals surface area contributed by atoms with Crippen LogP contribution in [0.25, 0.3) is 11.0 Å². The lowest BCUT2D eigenvalue weighted by Crippen LogP contribution is -2.08. The van der Waals surface area contributed by atoms with Crippen LogP contribution in [0.2, 0.25) is 5.02 Å². The topological polar surface area (TPSA) is 17.8 Å². The highest BCUT2D eigenvalue weighted by atomic mass is 35.5. The zero-order chi connectivity index (χ0) is 18.9. The summed E-state index contributed by atoms with van der Waals surface area (Å²) in [5, 5.41) is 0.667. The number of hydrogen-bond acceptors (Lipinski definition) is 2. The van der Waals surface area contributed by atoms with E-state index in [-0.39, 0.29) is 6.04 Å². The van der Waals surface area contributed by atoms with Gasteiger partial charge < -0.3 is 4.57 Å². The van der Waals surface area contributed by atoms with Gasteiger partial charge >= 0.3 is 6.18 Å². The Labute approximate surface area is 159 Å². The van der Waals surface area contributed by atoms with Crippen LogP contribution in [0.5, 0.6) is 0 Å². The molecule has 0 spiro atoms. The fraction of sp³-hybridized carbons (Fsp3) is 0.316. The van der Waals surface area contributed by atoms with Gasteiger partial charge in [-0.25, -0.2) is 4.98 Å². The first-order valence-corrected chi connectivity index (χ1v) is 9.62. The first-order valence-electron chi connectivity index (χ1n) is 8.26. The summed E-state index contributed by atoms with van der Waals surface area (Å²) in [5.41, 5.74) is 0.446. The van der Waals surface area contributed by atoms with E-state index in [1.807, 2.05) is 28.8 Å². The summed E-state index contributed by atoms with van der Waals surface area (Å²) in [5.74, 6) is 1.34. The van der Waals surface area contributed by atoms with E-state index in [2.05, 4.69) is 18.8 Å². The maximum atomic E-state index is 13.0. The first kappa shape index (κ1) is 19.1. The molecular formula is C19H18ClF3N2S. The van der Waals surface area contributed by atoms with Crippen molar-refractivity contribution in [3.05, 3.63) is 58.9 Å². The van der Waals surface area contributed by atoms with Crippen molar-refractivity contribution in [1.82, 2.24) is 9.55 Å². The lowest BCUT2D eigenvalue weighted by molar-refractivity contribution is -0.137. The summed E-state index contributed by atoms with van der Waals surface area (Å²) in [6.45, 7) is 4.10. The Balaban J connectivity index is 1.98. The van der Waals surface area contributed by atoms with Gasteiger partial charge in [-0.3, -0.25) is 0 Å². The van der Waals surface area contributed by atoms with Crippen LogP contribution < -0.4 is 0 Å². The molecule has 138 valence electrons. The average Bonchev–Trinajstić information content (AvgIpc) is 2.97. The van der Waals surface area contributed by atoms with Crippen LogP contribution in [0, 0.1) is 0 Å². The summed E-state index contributed by atoms with van der Waals surface area (Å²) >= 11 is 7.49. The van der Waals surface area contributed by atoms with Crippen molar-refractivity contribution in [3.8, 4) is 0 Å². The number of alkyl halides is 3. The number of aromatic nitrogens is 2. The van der Waals surface area contributed by atoms with Gasteiger partial charge in [0.1, 0.15) is 5.82 Å². The minimum absolute atomic E-state index is 0.151. The Kier molecular flexibility index (Phi) is 5.53. The van der Waals surface area contributed by atoms with Crippen LogP contribution in [-0.2, 0) is 11.9 Å². The largest absolute Gasteiger partial charge is 0.416 e. The third kappa shape index (κ3) is 4.01. The second kappa shape index (κ2) is 7.53. The molecule has 1 aromatic heterocycles. The van der Waals surface area contributed by atoms with Crippen molar-refractivity contribution in [3.63, 3.8) is 0 Å². The molecule has 0 saturated heterocycles. The smallest absolute Gasteiger partial charge is 0.324 e. The standard InChI is InChI=1S/C19H18ClF3N2S/c1-3-12(2)25-17-9-4-13(19(21,22)23)10-16(17)24-18(25)11-26-15-7-5-14(20)6-8-15/h4-10,12H,3,11H2,1-2H3. The molecule has 7 heteroatoms. The van der Waals surface area contributed by atoms with Gasteiger partial charge in [-0.15, -0.1) is 11.8 Å². The summed E-state index contributed by atoms with van der Waals surface area (Å²) in [6.07, 6.45) is -3.50. The van der Waals surface area contributed by atoms with Crippen molar-refractivity contribution >= 4 is 34.4 Å². The lowest BCUT2D eigenvalue weighted by Gasteiger charge is -2.16. The van der Waals surface area contributed by atoms with Crippen LogP contribution >= 0.6 is 23.4 Å². The SMILES string of the molecule is CCC(C)n1c(CSc2ccc(Cl)cc2)nc2cc(C(F)(F)F)ccc21. The van der Waals surface area contributed by atoms with Gasteiger partial charge in [0.2, 0.25) is 0 Å². The fourth-order valence-electron chi connectivity index (χ4n) is 2.78. The molecule has 0 amide bonds. The van der Waals surface area contributed by atoms with Crippen molar-refractivity contribution in [1.29, 1.82) is 0 Å². The molecule has 0 bridgehead atoms. The maximum Gasteiger partial charge on any atom is 0.416 e. The molecule has 0 aliphatic rings. The first-order chi connectivity index (χ1) is 12.3. The molecule has 0 N–H and O–H groups in total. The number of thioether (sulfide) groups is 1. The molecule has 0 radical (unpaired) electrons. The van der Waals surface area contributed by atoms with E-state index in [4.69, 9.17) is 11.6 Å². The lowest BCUT2D eigenvalue weighted by atomic mass is 10.2. The zero-order valence-electron chi connectivity index (χ0n) is 14.3. The Morgan fingerprint density at radius 1 is 1.15 bits per heavy atom. The normalized spacial score (nSPS) is 13.3. The van der Waals surface area contributed by atoms with Crippen molar-refractivity contribution in [2.24, 2.45) is 0 Å². The molecule has 1 unspecified atom stereocenters. The van der Waals surface area contributed by atoms with Gasteiger partial charge in [0.05, 0.1) is 22.3 Å². The Morgan fingerprint density at radius 2 is 1.85 bits per heavy atom. The quantitative estimate of drug-likeness (QED) is 0.432. The van der Waals surface area contributed by atoms with Crippen molar-refractivity contribution < 1.29 is 13.2 Å². The molecule has 0 aliphatic heterocycles. The number of fused-ring (bicyclic) bond motifs is 1. The van der Waals surface area contributed by atoms with Gasteiger partial charge in [-0.05, 0) is 55.8 Å². The van der Waals surface area contributed by atoms with Crippen molar-refractivity contribution in [2.75, 3.05) is 0 Å². The predicted molar refractivity (Wildman–Crippen MR) is 101 cm³/mol. The van der Waals surface area contributed by atoms with Crippen LogP contribution in [-0.4, -0.2) is 9.55 Å². The van der Waals surface area contributed by atoms with E-state index in [0.717, 1.165) is 34.8 Å². The number of hydrogen-bond donors (Lipinski definition) is 0. The Bertz CT molecular complexity index is 904. The van der Waals surface area contributed by atoms with Crippen LogP contribution in [0.1, 0.15) is 37.7 Å². The Morgan fingerprint density at radius 3 is 2.46 bits per heavy atom. The monoisotopic (exact) mass is 398 g/mol. The molecule has 0 aliphatic carbocycles. The molecule has 3 rings (SSSR count). The predicted octanol–water partition coefficient (Wildman–Crippen LogP) is 6.97. The molecular weight excluding hydrogens is 381 g/mol. The Hall–Kier alpha value is -1.66. The van der Waals surface area contributed by atoms with E-state index in [1.54, 1.807) is 11.8 Å². The molecule has 3 aromatic rings. The van der Waals surface area contributed by atoms with E-state index in [9.17, 15) is 13.2 Å². The van der Waals surface area contributed by atoms with E-state index >= 15 is 0 Å². The van der Waals surface area contributed by atoms with Gasteiger partial charge in [0.15, 0.2) is 0 Å². The number of halogens is 4. The molecule has 2 nitrogen and oxygen atoms in total. The van der Waals surface area contributed by atoms with Crippen molar-refractivity contribution in [2.45, 2.75) is 43.1 Å². The highest BCUT2D eigenvalue weighted by Crippen LogP contribution is 2.34. The number of nitrogens with zero attached hydrogens (tertiary/aromatic N) is 2.